The predicted octanol–water partition coefficient (Wildman–Crippen LogP) is 22.6. The Morgan fingerprint density at radius 3 is 0.708 bits per heavy atom. The summed E-state index contributed by atoms with van der Waals surface area (Å²) in [5, 5.41) is 10.6. The number of carbonyl (C=O) groups excluding carboxylic acids is 4. The first-order chi connectivity index (χ1) is 46.2. The molecule has 5 atom stereocenters. The van der Waals surface area contributed by atoms with E-state index in [0.717, 1.165) is 114 Å². The van der Waals surface area contributed by atoms with E-state index in [0.29, 0.717) is 25.7 Å². The third-order valence-electron chi connectivity index (χ3n) is 17.9. The molecule has 0 heterocycles. The van der Waals surface area contributed by atoms with Crippen molar-refractivity contribution >= 4 is 39.5 Å². The van der Waals surface area contributed by atoms with E-state index in [2.05, 4.69) is 48.5 Å². The Morgan fingerprint density at radius 2 is 0.479 bits per heavy atom. The quantitative estimate of drug-likeness (QED) is 0.0222. The molecule has 0 aromatic carbocycles. The van der Waals surface area contributed by atoms with Crippen molar-refractivity contribution in [3.63, 3.8) is 0 Å². The highest BCUT2D eigenvalue weighted by atomic mass is 31.2. The number of esters is 4. The summed E-state index contributed by atoms with van der Waals surface area (Å²) in [4.78, 5) is 72.8. The number of aliphatic hydroxyl groups is 1. The highest BCUT2D eigenvalue weighted by molar-refractivity contribution is 7.47. The van der Waals surface area contributed by atoms with Gasteiger partial charge in [0.2, 0.25) is 0 Å². The fourth-order valence-corrected chi connectivity index (χ4v) is 13.4. The van der Waals surface area contributed by atoms with Crippen molar-refractivity contribution in [1.29, 1.82) is 0 Å². The Balaban J connectivity index is 5.21. The molecular formula is C77H150O17P2. The minimum atomic E-state index is -4.96. The van der Waals surface area contributed by atoms with Crippen LogP contribution in [0.4, 0.5) is 0 Å². The molecule has 0 aromatic rings. The minimum Gasteiger partial charge on any atom is -0.462 e. The van der Waals surface area contributed by atoms with Gasteiger partial charge in [-0.05, 0) is 43.4 Å². The van der Waals surface area contributed by atoms with Gasteiger partial charge in [0.1, 0.15) is 19.3 Å². The van der Waals surface area contributed by atoms with Gasteiger partial charge in [-0.1, -0.05) is 344 Å². The van der Waals surface area contributed by atoms with Crippen LogP contribution >= 0.6 is 15.6 Å². The molecule has 0 amide bonds. The minimum absolute atomic E-state index is 0.106. The van der Waals surface area contributed by atoms with E-state index in [1.165, 1.54) is 199 Å². The van der Waals surface area contributed by atoms with Crippen molar-refractivity contribution < 1.29 is 80.2 Å². The number of rotatable bonds is 75. The molecule has 0 rings (SSSR count). The van der Waals surface area contributed by atoms with E-state index >= 15 is 0 Å². The number of unbranched alkanes of at least 4 members (excludes halogenated alkanes) is 43. The third-order valence-corrected chi connectivity index (χ3v) is 19.8. The smallest absolute Gasteiger partial charge is 0.462 e. The molecule has 0 saturated heterocycles. The van der Waals surface area contributed by atoms with E-state index in [-0.39, 0.29) is 25.7 Å². The van der Waals surface area contributed by atoms with Crippen molar-refractivity contribution in [2.75, 3.05) is 39.6 Å². The van der Waals surface area contributed by atoms with E-state index in [9.17, 15) is 43.2 Å². The first-order valence-electron chi connectivity index (χ1n) is 39.8. The zero-order chi connectivity index (χ0) is 70.9. The zero-order valence-electron chi connectivity index (χ0n) is 62.8. The van der Waals surface area contributed by atoms with Crippen LogP contribution in [0.2, 0.25) is 0 Å². The van der Waals surface area contributed by atoms with E-state index in [1.54, 1.807) is 0 Å². The lowest BCUT2D eigenvalue weighted by Gasteiger charge is -2.21. The molecule has 0 saturated carbocycles. The zero-order valence-corrected chi connectivity index (χ0v) is 64.6. The van der Waals surface area contributed by atoms with Crippen LogP contribution in [0, 0.1) is 17.8 Å². The molecule has 17 nitrogen and oxygen atoms in total. The van der Waals surface area contributed by atoms with Gasteiger partial charge in [-0.2, -0.15) is 0 Å². The molecule has 0 aromatic heterocycles. The molecule has 0 aliphatic carbocycles. The number of aliphatic hydroxyl groups excluding tert-OH is 1. The van der Waals surface area contributed by atoms with Crippen LogP contribution in [0.1, 0.15) is 395 Å². The maximum Gasteiger partial charge on any atom is 0.472 e. The van der Waals surface area contributed by atoms with Crippen LogP contribution in [0.3, 0.4) is 0 Å². The van der Waals surface area contributed by atoms with Crippen molar-refractivity contribution in [3.8, 4) is 0 Å². The Hall–Kier alpha value is -1.94. The monoisotopic (exact) mass is 1410 g/mol. The Bertz CT molecular complexity index is 1870. The molecule has 0 aliphatic heterocycles. The summed E-state index contributed by atoms with van der Waals surface area (Å²) < 4.78 is 68.5. The Labute approximate surface area is 588 Å². The second-order valence-corrected chi connectivity index (χ2v) is 32.1. The Kier molecular flexibility index (Phi) is 66.2. The van der Waals surface area contributed by atoms with Gasteiger partial charge in [-0.15, -0.1) is 0 Å². The molecule has 3 N–H and O–H groups in total. The summed E-state index contributed by atoms with van der Waals surface area (Å²) in [5.41, 5.74) is 0. The summed E-state index contributed by atoms with van der Waals surface area (Å²) in [6.45, 7) is 11.9. The molecule has 0 spiro atoms. The van der Waals surface area contributed by atoms with Gasteiger partial charge in [0.05, 0.1) is 26.4 Å². The van der Waals surface area contributed by atoms with E-state index in [1.807, 2.05) is 0 Å². The second-order valence-electron chi connectivity index (χ2n) is 29.2. The predicted molar refractivity (Wildman–Crippen MR) is 391 cm³/mol. The normalized spacial score (nSPS) is 14.1. The average molecular weight is 1410 g/mol. The molecule has 0 fully saturated rings. The van der Waals surface area contributed by atoms with Crippen LogP contribution in [0.25, 0.3) is 0 Å². The fourth-order valence-electron chi connectivity index (χ4n) is 11.8. The van der Waals surface area contributed by atoms with Crippen molar-refractivity contribution in [2.24, 2.45) is 17.8 Å². The maximum absolute atomic E-state index is 13.1. The van der Waals surface area contributed by atoms with Crippen LogP contribution in [-0.4, -0.2) is 96.7 Å². The first-order valence-corrected chi connectivity index (χ1v) is 42.8. The van der Waals surface area contributed by atoms with E-state index < -0.39 is 97.5 Å². The summed E-state index contributed by atoms with van der Waals surface area (Å²) in [7, 11) is -9.91. The molecule has 0 bridgehead atoms. The number of hydrogen-bond acceptors (Lipinski definition) is 15. The number of ether oxygens (including phenoxy) is 4. The molecule has 0 radical (unpaired) electrons. The van der Waals surface area contributed by atoms with Gasteiger partial charge in [0.15, 0.2) is 12.2 Å². The van der Waals surface area contributed by atoms with Gasteiger partial charge >= 0.3 is 39.5 Å². The molecule has 19 heteroatoms. The summed E-state index contributed by atoms with van der Waals surface area (Å²) in [5.74, 6) is 0.234. The van der Waals surface area contributed by atoms with Crippen LogP contribution in [0.5, 0.6) is 0 Å². The van der Waals surface area contributed by atoms with Gasteiger partial charge < -0.3 is 33.8 Å². The number of hydrogen-bond donors (Lipinski definition) is 3. The van der Waals surface area contributed by atoms with Crippen LogP contribution in [0.15, 0.2) is 0 Å². The second kappa shape index (κ2) is 67.5. The number of phosphoric acid groups is 2. The molecule has 570 valence electrons. The standard InChI is InChI=1S/C77H150O17P2/c1-8-9-10-11-12-37-44-51-58-74(79)87-64-72(93-77(82)61-54-47-40-33-27-26-30-36-43-50-57-70(6)7)66-91-95(83,84)89-62-71(78)63-90-96(85,86)92-67-73(65-88-75(80)59-52-45-38-31-24-21-17-19-23-29-35-42-49-56-69(4)5)94-76(81)60-53-46-39-32-25-20-16-14-13-15-18-22-28-34-41-48-55-68(2)3/h68-73,78H,8-67H2,1-7H3,(H,83,84)(H,85,86)/t71-,72+,73+/m0/s1. The number of carbonyl (C=O) groups is 4. The lowest BCUT2D eigenvalue weighted by Crippen LogP contribution is -2.30. The van der Waals surface area contributed by atoms with Crippen LogP contribution in [-0.2, 0) is 65.4 Å². The van der Waals surface area contributed by atoms with Gasteiger partial charge in [0, 0.05) is 25.7 Å². The van der Waals surface area contributed by atoms with Crippen LogP contribution < -0.4 is 0 Å². The van der Waals surface area contributed by atoms with Crippen molar-refractivity contribution in [3.05, 3.63) is 0 Å². The number of phosphoric ester groups is 2. The fraction of sp³-hybridized carbons (Fsp3) is 0.948. The highest BCUT2D eigenvalue weighted by Crippen LogP contribution is 2.45. The van der Waals surface area contributed by atoms with Gasteiger partial charge in [0.25, 0.3) is 0 Å². The van der Waals surface area contributed by atoms with Crippen molar-refractivity contribution in [2.45, 2.75) is 414 Å². The summed E-state index contributed by atoms with van der Waals surface area (Å²) in [6, 6.07) is 0. The lowest BCUT2D eigenvalue weighted by molar-refractivity contribution is -0.161. The average Bonchev–Trinajstić information content (AvgIpc) is 1.72. The topological polar surface area (TPSA) is 237 Å². The maximum atomic E-state index is 13.1. The SMILES string of the molecule is CCCCCCCCCCC(=O)OC[C@H](COP(=O)(O)OC[C@H](O)COP(=O)(O)OC[C@@H](COC(=O)CCCCCCCCCCCCCCCC(C)C)OC(=O)CCCCCCCCCCCCCCCCCCC(C)C)OC(=O)CCCCCCCCCCCCC(C)C. The largest absolute Gasteiger partial charge is 0.472 e. The van der Waals surface area contributed by atoms with E-state index in [4.69, 9.17) is 37.0 Å². The lowest BCUT2D eigenvalue weighted by atomic mass is 10.0. The summed E-state index contributed by atoms with van der Waals surface area (Å²) >= 11 is 0. The highest BCUT2D eigenvalue weighted by Gasteiger charge is 2.30. The van der Waals surface area contributed by atoms with Crippen molar-refractivity contribution in [1.82, 2.24) is 0 Å². The third kappa shape index (κ3) is 70.5. The molecule has 0 aliphatic rings. The summed E-state index contributed by atoms with van der Waals surface area (Å²) in [6.07, 6.45) is 54.2. The molecular weight excluding hydrogens is 1260 g/mol. The molecule has 96 heavy (non-hydrogen) atoms. The first kappa shape index (κ1) is 94.1. The Morgan fingerprint density at radius 1 is 0.281 bits per heavy atom. The van der Waals surface area contributed by atoms with Gasteiger partial charge in [-0.25, -0.2) is 9.13 Å². The van der Waals surface area contributed by atoms with Gasteiger partial charge in [-0.3, -0.25) is 37.3 Å². The molecule has 2 unspecified atom stereocenters.